The van der Waals surface area contributed by atoms with Crippen molar-refractivity contribution in [1.82, 2.24) is 14.7 Å². The number of likely N-dealkylation sites (tertiary alicyclic amines) is 1. The Kier molecular flexibility index (Phi) is 4.49. The summed E-state index contributed by atoms with van der Waals surface area (Å²) in [6.07, 6.45) is 4.61. The molecule has 7 heteroatoms. The first kappa shape index (κ1) is 14.8. The van der Waals surface area contributed by atoms with Crippen molar-refractivity contribution >= 4 is 21.8 Å². The maximum atomic E-state index is 12.8. The molecule has 0 saturated carbocycles. The van der Waals surface area contributed by atoms with Crippen LogP contribution in [-0.4, -0.2) is 51.5 Å². The summed E-state index contributed by atoms with van der Waals surface area (Å²) in [5.41, 5.74) is 0.428. The number of rotatable bonds is 3. The Bertz CT molecular complexity index is 530. The lowest BCUT2D eigenvalue weighted by Crippen LogP contribution is -2.44. The minimum Gasteiger partial charge on any atom is -0.477 e. The van der Waals surface area contributed by atoms with Crippen LogP contribution in [-0.2, 0) is 6.54 Å². The fourth-order valence-electron chi connectivity index (χ4n) is 3.09. The molecule has 1 aromatic rings. The highest BCUT2D eigenvalue weighted by atomic mass is 79.9. The van der Waals surface area contributed by atoms with E-state index in [0.717, 1.165) is 38.8 Å². The number of aryl methyl sites for hydroxylation is 1. The Labute approximate surface area is 132 Å². The highest BCUT2D eigenvalue weighted by molar-refractivity contribution is 9.10. The summed E-state index contributed by atoms with van der Waals surface area (Å²) in [6.45, 7) is 2.29. The molecule has 1 N–H and O–H groups in total. The number of carbonyl (C=O) groups excluding carboxylic acids is 1. The molecule has 0 radical (unpaired) electrons. The topological polar surface area (TPSA) is 67.6 Å². The van der Waals surface area contributed by atoms with Gasteiger partial charge >= 0.3 is 0 Å². The van der Waals surface area contributed by atoms with Crippen LogP contribution in [0.1, 0.15) is 42.6 Å². The number of amides is 1. The largest absolute Gasteiger partial charge is 0.477 e. The van der Waals surface area contributed by atoms with Gasteiger partial charge in [-0.05, 0) is 41.6 Å². The van der Waals surface area contributed by atoms with Gasteiger partial charge in [0.1, 0.15) is 4.47 Å². The van der Waals surface area contributed by atoms with Crippen molar-refractivity contribution < 1.29 is 14.6 Å². The summed E-state index contributed by atoms with van der Waals surface area (Å²) in [4.78, 5) is 14.7. The molecule has 116 valence electrons. The van der Waals surface area contributed by atoms with Crippen molar-refractivity contribution in [1.29, 1.82) is 0 Å². The number of carbonyl (C=O) groups is 1. The van der Waals surface area contributed by atoms with Gasteiger partial charge in [-0.3, -0.25) is 4.79 Å². The third-order valence-electron chi connectivity index (χ3n) is 4.16. The van der Waals surface area contributed by atoms with E-state index in [1.807, 2.05) is 4.90 Å². The van der Waals surface area contributed by atoms with E-state index < -0.39 is 0 Å². The van der Waals surface area contributed by atoms with Crippen LogP contribution >= 0.6 is 15.9 Å². The number of hydrogen-bond acceptors (Lipinski definition) is 4. The van der Waals surface area contributed by atoms with E-state index in [1.165, 1.54) is 0 Å². The molecule has 1 unspecified atom stereocenters. The summed E-state index contributed by atoms with van der Waals surface area (Å²) >= 11 is 3.46. The van der Waals surface area contributed by atoms with Gasteiger partial charge in [-0.1, -0.05) is 0 Å². The predicted octanol–water partition coefficient (Wildman–Crippen LogP) is 1.81. The molecule has 3 rings (SSSR count). The second kappa shape index (κ2) is 6.36. The first-order chi connectivity index (χ1) is 10.2. The summed E-state index contributed by atoms with van der Waals surface area (Å²) in [6, 6.07) is 0.114. The molecule has 3 heterocycles. The van der Waals surface area contributed by atoms with Crippen LogP contribution in [0.4, 0.5) is 0 Å². The Morgan fingerprint density at radius 3 is 3.00 bits per heavy atom. The van der Waals surface area contributed by atoms with E-state index in [4.69, 9.17) is 4.74 Å². The third kappa shape index (κ3) is 2.81. The van der Waals surface area contributed by atoms with E-state index in [2.05, 4.69) is 21.0 Å². The van der Waals surface area contributed by atoms with E-state index in [1.54, 1.807) is 4.68 Å². The van der Waals surface area contributed by atoms with E-state index in [9.17, 15) is 9.90 Å². The molecule has 0 aromatic carbocycles. The Morgan fingerprint density at radius 1 is 1.38 bits per heavy atom. The maximum Gasteiger partial charge on any atom is 0.275 e. The van der Waals surface area contributed by atoms with Crippen LogP contribution in [0.25, 0.3) is 0 Å². The van der Waals surface area contributed by atoms with Crippen LogP contribution in [0, 0.1) is 0 Å². The molecule has 6 nitrogen and oxygen atoms in total. The average Bonchev–Trinajstić information content (AvgIpc) is 2.85. The molecular weight excluding hydrogens is 338 g/mol. The van der Waals surface area contributed by atoms with Gasteiger partial charge in [0.05, 0.1) is 6.61 Å². The van der Waals surface area contributed by atoms with Crippen LogP contribution in [0.2, 0.25) is 0 Å². The molecule has 1 saturated heterocycles. The molecular formula is C14H20BrN3O3. The maximum absolute atomic E-state index is 12.8. The second-order valence-electron chi connectivity index (χ2n) is 5.55. The lowest BCUT2D eigenvalue weighted by Gasteiger charge is -2.35. The molecule has 0 bridgehead atoms. The van der Waals surface area contributed by atoms with Gasteiger partial charge < -0.3 is 14.7 Å². The minimum atomic E-state index is -0.0643. The van der Waals surface area contributed by atoms with Crippen molar-refractivity contribution in [3.8, 4) is 5.88 Å². The standard InChI is InChI=1S/C14H20BrN3O3/c15-11-12(16-18-7-3-9-21-14(11)18)13(20)17-6-2-1-4-10(17)5-8-19/h10,19H,1-9H2. The van der Waals surface area contributed by atoms with Gasteiger partial charge in [-0.15, -0.1) is 0 Å². The summed E-state index contributed by atoms with van der Waals surface area (Å²) in [7, 11) is 0. The number of aliphatic hydroxyl groups excluding tert-OH is 1. The van der Waals surface area contributed by atoms with Gasteiger partial charge in [0.15, 0.2) is 5.69 Å². The lowest BCUT2D eigenvalue weighted by molar-refractivity contribution is 0.0567. The highest BCUT2D eigenvalue weighted by Crippen LogP contribution is 2.33. The SMILES string of the molecule is O=C(c1nn2c(c1Br)OCCC2)N1CCCCC1CCO. The molecule has 1 fully saturated rings. The number of piperidine rings is 1. The van der Waals surface area contributed by atoms with Crippen molar-refractivity contribution in [3.05, 3.63) is 10.2 Å². The molecule has 21 heavy (non-hydrogen) atoms. The number of nitrogens with zero attached hydrogens (tertiary/aromatic N) is 3. The Hall–Kier alpha value is -1.08. The van der Waals surface area contributed by atoms with Gasteiger partial charge in [-0.2, -0.15) is 5.10 Å². The van der Waals surface area contributed by atoms with Gasteiger partial charge in [0, 0.05) is 32.2 Å². The summed E-state index contributed by atoms with van der Waals surface area (Å²) in [5.74, 6) is 0.589. The summed E-state index contributed by atoms with van der Waals surface area (Å²) in [5, 5.41) is 13.6. The van der Waals surface area contributed by atoms with Crippen molar-refractivity contribution in [2.45, 2.75) is 44.7 Å². The van der Waals surface area contributed by atoms with Crippen LogP contribution < -0.4 is 4.74 Å². The molecule has 0 spiro atoms. The normalized spacial score (nSPS) is 21.8. The number of hydrogen-bond donors (Lipinski definition) is 1. The van der Waals surface area contributed by atoms with Crippen molar-refractivity contribution in [3.63, 3.8) is 0 Å². The summed E-state index contributed by atoms with van der Waals surface area (Å²) < 4.78 is 8.00. The van der Waals surface area contributed by atoms with Crippen molar-refractivity contribution in [2.75, 3.05) is 19.8 Å². The van der Waals surface area contributed by atoms with Gasteiger partial charge in [0.25, 0.3) is 5.91 Å². The average molecular weight is 358 g/mol. The molecule has 1 amide bonds. The number of ether oxygens (including phenoxy) is 1. The van der Waals surface area contributed by atoms with E-state index in [0.29, 0.717) is 29.1 Å². The molecule has 2 aliphatic rings. The molecule has 1 atom stereocenters. The van der Waals surface area contributed by atoms with Gasteiger partial charge in [0.2, 0.25) is 5.88 Å². The highest BCUT2D eigenvalue weighted by Gasteiger charge is 2.32. The van der Waals surface area contributed by atoms with Crippen LogP contribution in [0.3, 0.4) is 0 Å². The Morgan fingerprint density at radius 2 is 2.24 bits per heavy atom. The molecule has 0 aliphatic carbocycles. The smallest absolute Gasteiger partial charge is 0.275 e. The zero-order chi connectivity index (χ0) is 14.8. The van der Waals surface area contributed by atoms with Crippen LogP contribution in [0.5, 0.6) is 5.88 Å². The lowest BCUT2D eigenvalue weighted by atomic mass is 9.99. The second-order valence-corrected chi connectivity index (χ2v) is 6.35. The molecule has 1 aromatic heterocycles. The zero-order valence-corrected chi connectivity index (χ0v) is 13.5. The Balaban J connectivity index is 1.85. The van der Waals surface area contributed by atoms with Gasteiger partial charge in [-0.25, -0.2) is 4.68 Å². The fraction of sp³-hybridized carbons (Fsp3) is 0.714. The number of fused-ring (bicyclic) bond motifs is 1. The minimum absolute atomic E-state index is 0.0643. The van der Waals surface area contributed by atoms with E-state index >= 15 is 0 Å². The monoisotopic (exact) mass is 357 g/mol. The first-order valence-corrected chi connectivity index (χ1v) is 8.32. The quantitative estimate of drug-likeness (QED) is 0.895. The number of halogens is 1. The van der Waals surface area contributed by atoms with Crippen molar-refractivity contribution in [2.24, 2.45) is 0 Å². The van der Waals surface area contributed by atoms with Crippen LogP contribution in [0.15, 0.2) is 4.47 Å². The molecule has 2 aliphatic heterocycles. The number of aromatic nitrogens is 2. The zero-order valence-electron chi connectivity index (χ0n) is 11.9. The predicted molar refractivity (Wildman–Crippen MR) is 80.4 cm³/mol. The third-order valence-corrected chi connectivity index (χ3v) is 4.87. The van der Waals surface area contributed by atoms with E-state index in [-0.39, 0.29) is 18.6 Å². The fourth-order valence-corrected chi connectivity index (χ4v) is 3.66. The number of aliphatic hydroxyl groups is 1. The first-order valence-electron chi connectivity index (χ1n) is 7.53.